The zero-order valence-corrected chi connectivity index (χ0v) is 12.0. The predicted octanol–water partition coefficient (Wildman–Crippen LogP) is 2.75. The SMILES string of the molecule is CC(C1=NCCO1)c1ccc(C(C)C2=NCCO2)cc1. The van der Waals surface area contributed by atoms with E-state index < -0.39 is 0 Å². The zero-order valence-electron chi connectivity index (χ0n) is 12.0. The average molecular weight is 272 g/mol. The third-order valence-electron chi connectivity index (χ3n) is 3.90. The van der Waals surface area contributed by atoms with E-state index in [1.54, 1.807) is 0 Å². The lowest BCUT2D eigenvalue weighted by molar-refractivity contribution is 0.334. The Bertz CT molecular complexity index is 485. The second kappa shape index (κ2) is 5.65. The van der Waals surface area contributed by atoms with E-state index >= 15 is 0 Å². The van der Waals surface area contributed by atoms with Gasteiger partial charge < -0.3 is 9.47 Å². The summed E-state index contributed by atoms with van der Waals surface area (Å²) in [7, 11) is 0. The molecule has 4 nitrogen and oxygen atoms in total. The van der Waals surface area contributed by atoms with Gasteiger partial charge in [-0.25, -0.2) is 0 Å². The molecule has 106 valence electrons. The number of benzene rings is 1. The number of aliphatic imine (C=N–C) groups is 2. The number of rotatable bonds is 4. The third kappa shape index (κ3) is 2.55. The molecule has 1 aromatic rings. The summed E-state index contributed by atoms with van der Waals surface area (Å²) in [5.41, 5.74) is 2.46. The normalized spacial score (nSPS) is 20.7. The van der Waals surface area contributed by atoms with Gasteiger partial charge in [-0.3, -0.25) is 9.98 Å². The summed E-state index contributed by atoms with van der Waals surface area (Å²) < 4.78 is 11.1. The summed E-state index contributed by atoms with van der Waals surface area (Å²) >= 11 is 0. The molecule has 0 N–H and O–H groups in total. The van der Waals surface area contributed by atoms with Crippen molar-refractivity contribution in [1.29, 1.82) is 0 Å². The first-order valence-electron chi connectivity index (χ1n) is 7.20. The van der Waals surface area contributed by atoms with Crippen LogP contribution in [-0.4, -0.2) is 38.1 Å². The molecule has 0 saturated heterocycles. The van der Waals surface area contributed by atoms with E-state index in [-0.39, 0.29) is 11.8 Å². The molecule has 0 bridgehead atoms. The first-order valence-corrected chi connectivity index (χ1v) is 7.20. The Morgan fingerprint density at radius 3 is 1.50 bits per heavy atom. The second-order valence-electron chi connectivity index (χ2n) is 5.25. The van der Waals surface area contributed by atoms with Crippen LogP contribution in [0, 0.1) is 0 Å². The van der Waals surface area contributed by atoms with E-state index in [1.807, 2.05) is 0 Å². The number of ether oxygens (including phenoxy) is 2. The molecular formula is C16H20N2O2. The summed E-state index contributed by atoms with van der Waals surface area (Å²) in [6.45, 7) is 7.26. The Labute approximate surface area is 119 Å². The monoisotopic (exact) mass is 272 g/mol. The second-order valence-corrected chi connectivity index (χ2v) is 5.25. The molecule has 2 aliphatic heterocycles. The lowest BCUT2D eigenvalue weighted by atomic mass is 9.95. The number of hydrogen-bond donors (Lipinski definition) is 0. The average Bonchev–Trinajstić information content (AvgIpc) is 3.18. The molecule has 4 heteroatoms. The molecule has 0 saturated carbocycles. The smallest absolute Gasteiger partial charge is 0.190 e. The topological polar surface area (TPSA) is 43.2 Å². The molecule has 1 aromatic carbocycles. The van der Waals surface area contributed by atoms with Crippen LogP contribution < -0.4 is 0 Å². The van der Waals surface area contributed by atoms with Gasteiger partial charge in [0.05, 0.1) is 24.9 Å². The van der Waals surface area contributed by atoms with Gasteiger partial charge in [0.2, 0.25) is 0 Å². The molecule has 0 aliphatic carbocycles. The van der Waals surface area contributed by atoms with Crippen molar-refractivity contribution in [1.82, 2.24) is 0 Å². The molecule has 2 heterocycles. The Kier molecular flexibility index (Phi) is 3.72. The highest BCUT2D eigenvalue weighted by Gasteiger charge is 2.20. The van der Waals surface area contributed by atoms with Crippen LogP contribution in [0.5, 0.6) is 0 Å². The van der Waals surface area contributed by atoms with Crippen molar-refractivity contribution < 1.29 is 9.47 Å². The van der Waals surface area contributed by atoms with E-state index in [9.17, 15) is 0 Å². The van der Waals surface area contributed by atoms with Crippen molar-refractivity contribution in [3.8, 4) is 0 Å². The van der Waals surface area contributed by atoms with Crippen molar-refractivity contribution >= 4 is 11.8 Å². The summed E-state index contributed by atoms with van der Waals surface area (Å²) in [5, 5.41) is 0. The van der Waals surface area contributed by atoms with Gasteiger partial charge in [-0.15, -0.1) is 0 Å². The van der Waals surface area contributed by atoms with Crippen molar-refractivity contribution in [2.24, 2.45) is 9.98 Å². The van der Waals surface area contributed by atoms with Gasteiger partial charge in [0.1, 0.15) is 13.2 Å². The van der Waals surface area contributed by atoms with E-state index in [0.717, 1.165) is 24.9 Å². The molecule has 2 aliphatic rings. The maximum absolute atomic E-state index is 5.54. The minimum absolute atomic E-state index is 0.224. The van der Waals surface area contributed by atoms with E-state index in [0.29, 0.717) is 13.2 Å². The molecule has 0 radical (unpaired) electrons. The van der Waals surface area contributed by atoms with Crippen LogP contribution in [0.25, 0.3) is 0 Å². The summed E-state index contributed by atoms with van der Waals surface area (Å²) in [6, 6.07) is 8.60. The minimum Gasteiger partial charge on any atom is -0.479 e. The van der Waals surface area contributed by atoms with Crippen LogP contribution in [0.1, 0.15) is 36.8 Å². The van der Waals surface area contributed by atoms with E-state index in [4.69, 9.17) is 9.47 Å². The third-order valence-corrected chi connectivity index (χ3v) is 3.90. The summed E-state index contributed by atoms with van der Waals surface area (Å²) in [6.07, 6.45) is 0. The first-order chi connectivity index (χ1) is 9.75. The Hall–Kier alpha value is -1.84. The highest BCUT2D eigenvalue weighted by molar-refractivity contribution is 5.85. The molecular weight excluding hydrogens is 252 g/mol. The van der Waals surface area contributed by atoms with Crippen LogP contribution in [-0.2, 0) is 9.47 Å². The van der Waals surface area contributed by atoms with Gasteiger partial charge in [0.25, 0.3) is 0 Å². The van der Waals surface area contributed by atoms with Gasteiger partial charge in [0, 0.05) is 0 Å². The van der Waals surface area contributed by atoms with Crippen molar-refractivity contribution in [3.05, 3.63) is 35.4 Å². The van der Waals surface area contributed by atoms with E-state index in [2.05, 4.69) is 48.1 Å². The van der Waals surface area contributed by atoms with E-state index in [1.165, 1.54) is 11.1 Å². The number of nitrogens with zero attached hydrogens (tertiary/aromatic N) is 2. The first kappa shape index (κ1) is 13.2. The summed E-state index contributed by atoms with van der Waals surface area (Å²) in [5.74, 6) is 2.16. The fraction of sp³-hybridized carbons (Fsp3) is 0.500. The molecule has 0 spiro atoms. The van der Waals surface area contributed by atoms with Crippen LogP contribution in [0.4, 0.5) is 0 Å². The molecule has 0 fully saturated rings. The van der Waals surface area contributed by atoms with Crippen LogP contribution in [0.15, 0.2) is 34.3 Å². The molecule has 20 heavy (non-hydrogen) atoms. The largest absolute Gasteiger partial charge is 0.479 e. The lowest BCUT2D eigenvalue weighted by Gasteiger charge is -2.15. The fourth-order valence-electron chi connectivity index (χ4n) is 2.59. The predicted molar refractivity (Wildman–Crippen MR) is 79.8 cm³/mol. The molecule has 2 unspecified atom stereocenters. The number of hydrogen-bond acceptors (Lipinski definition) is 4. The Morgan fingerprint density at radius 1 is 0.800 bits per heavy atom. The van der Waals surface area contributed by atoms with Gasteiger partial charge in [0.15, 0.2) is 11.8 Å². The van der Waals surface area contributed by atoms with Gasteiger partial charge in [-0.1, -0.05) is 24.3 Å². The Balaban J connectivity index is 1.73. The lowest BCUT2D eigenvalue weighted by Crippen LogP contribution is -2.11. The molecule has 0 aromatic heterocycles. The fourth-order valence-corrected chi connectivity index (χ4v) is 2.59. The maximum Gasteiger partial charge on any atom is 0.190 e. The van der Waals surface area contributed by atoms with Crippen molar-refractivity contribution in [2.75, 3.05) is 26.3 Å². The standard InChI is InChI=1S/C16H20N2O2/c1-11(15-17-7-9-19-15)13-3-5-14(6-4-13)12(2)16-18-8-10-20-16/h3-6,11-12H,7-10H2,1-2H3. The molecule has 3 rings (SSSR count). The van der Waals surface area contributed by atoms with Gasteiger partial charge >= 0.3 is 0 Å². The van der Waals surface area contributed by atoms with Crippen LogP contribution in [0.3, 0.4) is 0 Å². The maximum atomic E-state index is 5.54. The minimum atomic E-state index is 0.224. The molecule has 2 atom stereocenters. The van der Waals surface area contributed by atoms with Gasteiger partial charge in [-0.2, -0.15) is 0 Å². The zero-order chi connectivity index (χ0) is 13.9. The van der Waals surface area contributed by atoms with Crippen LogP contribution >= 0.6 is 0 Å². The summed E-state index contributed by atoms with van der Waals surface area (Å²) in [4.78, 5) is 8.78. The molecule has 0 amide bonds. The quantitative estimate of drug-likeness (QED) is 0.846. The van der Waals surface area contributed by atoms with Crippen molar-refractivity contribution in [3.63, 3.8) is 0 Å². The highest BCUT2D eigenvalue weighted by Crippen LogP contribution is 2.24. The Morgan fingerprint density at radius 2 is 1.20 bits per heavy atom. The van der Waals surface area contributed by atoms with Crippen LogP contribution in [0.2, 0.25) is 0 Å². The van der Waals surface area contributed by atoms with Gasteiger partial charge in [-0.05, 0) is 25.0 Å². The van der Waals surface area contributed by atoms with Crippen molar-refractivity contribution in [2.45, 2.75) is 25.7 Å². The highest BCUT2D eigenvalue weighted by atomic mass is 16.5.